The second-order valence-electron chi connectivity index (χ2n) is 3.38. The van der Waals surface area contributed by atoms with Crippen molar-refractivity contribution >= 4 is 34.4 Å². The molecule has 5 nitrogen and oxygen atoms in total. The molecule has 6 heteroatoms. The number of hydrogen-bond donors (Lipinski definition) is 0. The first-order valence-corrected chi connectivity index (χ1v) is 7.09. The van der Waals surface area contributed by atoms with Crippen LogP contribution in [0.4, 0.5) is 0 Å². The Kier molecular flexibility index (Phi) is 17.7. The van der Waals surface area contributed by atoms with Crippen molar-refractivity contribution in [3.63, 3.8) is 0 Å². The predicted octanol–water partition coefficient (Wildman–Crippen LogP) is 1.73. The van der Waals surface area contributed by atoms with Crippen molar-refractivity contribution in [2.45, 2.75) is 39.5 Å². The molecule has 0 amide bonds. The van der Waals surface area contributed by atoms with E-state index >= 15 is 0 Å². The molecule has 0 aromatic carbocycles. The van der Waals surface area contributed by atoms with E-state index in [2.05, 4.69) is 0 Å². The quantitative estimate of drug-likeness (QED) is 0.284. The Morgan fingerprint density at radius 1 is 0.889 bits per heavy atom. The summed E-state index contributed by atoms with van der Waals surface area (Å²) in [6.07, 6.45) is 5.81. The standard InChI is InChI=1S/C12H20O4.O.Sn/c1-3-5-9-15-11(13)7-8-12(14)16-10-6-4-2;;/h7-8H,3-6,9-10H2,1-2H3;;/b8-7-;;. The van der Waals surface area contributed by atoms with Crippen LogP contribution in [0.2, 0.25) is 0 Å². The molecule has 0 saturated heterocycles. The summed E-state index contributed by atoms with van der Waals surface area (Å²) in [4.78, 5) is 22.1. The molecule has 2 radical (unpaired) electrons. The minimum absolute atomic E-state index is 0.300. The number of carbonyl (C=O) groups is 2. The molecule has 0 spiro atoms. The van der Waals surface area contributed by atoms with Crippen LogP contribution in [-0.2, 0) is 22.1 Å². The van der Waals surface area contributed by atoms with E-state index in [1.165, 1.54) is 0 Å². The van der Waals surface area contributed by atoms with Crippen molar-refractivity contribution < 1.29 is 22.1 Å². The van der Waals surface area contributed by atoms with Gasteiger partial charge in [0.15, 0.2) is 0 Å². The summed E-state index contributed by atoms with van der Waals surface area (Å²) in [6, 6.07) is 0. The molecule has 0 saturated carbocycles. The van der Waals surface area contributed by atoms with Gasteiger partial charge in [-0.3, -0.25) is 0 Å². The van der Waals surface area contributed by atoms with Gasteiger partial charge in [0.05, 0.1) is 13.2 Å². The monoisotopic (exact) mass is 364 g/mol. The number of ether oxygens (including phenoxy) is 2. The van der Waals surface area contributed by atoms with Crippen LogP contribution in [0.1, 0.15) is 39.5 Å². The number of carbonyl (C=O) groups excluding carboxylic acids is 2. The number of esters is 2. The van der Waals surface area contributed by atoms with Gasteiger partial charge in [0.1, 0.15) is 0 Å². The molecule has 0 rings (SSSR count). The SMILES string of the molecule is CCCCOC(=O)/C=C\C(=O)OCCCC.[O]=[Sn]. The molecule has 0 N–H and O–H groups in total. The van der Waals surface area contributed by atoms with E-state index in [-0.39, 0.29) is 0 Å². The molecular formula is C12H20O5Sn. The normalized spacial score (nSPS) is 9.44. The fourth-order valence-electron chi connectivity index (χ4n) is 0.867. The van der Waals surface area contributed by atoms with Gasteiger partial charge in [-0.15, -0.1) is 0 Å². The summed E-state index contributed by atoms with van der Waals surface area (Å²) in [5, 5.41) is 0. The van der Waals surface area contributed by atoms with Crippen LogP contribution >= 0.6 is 0 Å². The molecular weight excluding hydrogens is 343 g/mol. The molecule has 0 aromatic heterocycles. The molecule has 0 aliphatic carbocycles. The van der Waals surface area contributed by atoms with Crippen molar-refractivity contribution in [3.8, 4) is 0 Å². The second-order valence-corrected chi connectivity index (χ2v) is 3.38. The zero-order chi connectivity index (χ0) is 14.2. The number of unbranched alkanes of at least 4 members (excludes halogenated alkanes) is 2. The zero-order valence-corrected chi connectivity index (χ0v) is 13.8. The van der Waals surface area contributed by atoms with Crippen LogP contribution in [0.3, 0.4) is 0 Å². The van der Waals surface area contributed by atoms with Crippen LogP contribution in [0.25, 0.3) is 0 Å². The van der Waals surface area contributed by atoms with E-state index in [0.29, 0.717) is 35.7 Å². The van der Waals surface area contributed by atoms with E-state index in [0.717, 1.165) is 37.8 Å². The summed E-state index contributed by atoms with van der Waals surface area (Å²) >= 11 is 0.300. The van der Waals surface area contributed by atoms with Gasteiger partial charge >= 0.3 is 37.5 Å². The molecule has 0 unspecified atom stereocenters. The Morgan fingerprint density at radius 2 is 1.22 bits per heavy atom. The van der Waals surface area contributed by atoms with Crippen molar-refractivity contribution in [1.29, 1.82) is 0 Å². The van der Waals surface area contributed by atoms with Crippen molar-refractivity contribution in [2.75, 3.05) is 13.2 Å². The first-order chi connectivity index (χ1) is 8.70. The summed E-state index contributed by atoms with van der Waals surface area (Å²) < 4.78 is 18.0. The molecule has 0 aliphatic heterocycles. The van der Waals surface area contributed by atoms with Gasteiger partial charge in [-0.1, -0.05) is 26.7 Å². The van der Waals surface area contributed by atoms with Gasteiger partial charge in [0.25, 0.3) is 0 Å². The van der Waals surface area contributed by atoms with Crippen molar-refractivity contribution in [1.82, 2.24) is 0 Å². The fourth-order valence-corrected chi connectivity index (χ4v) is 0.867. The van der Waals surface area contributed by atoms with Gasteiger partial charge < -0.3 is 9.47 Å². The van der Waals surface area contributed by atoms with Crippen molar-refractivity contribution in [3.05, 3.63) is 12.2 Å². The first kappa shape index (κ1) is 19.6. The Balaban J connectivity index is 0. The summed E-state index contributed by atoms with van der Waals surface area (Å²) in [5.41, 5.74) is 0. The van der Waals surface area contributed by atoms with E-state index in [1.807, 2.05) is 13.8 Å². The van der Waals surface area contributed by atoms with Crippen LogP contribution in [0.15, 0.2) is 12.2 Å². The summed E-state index contributed by atoms with van der Waals surface area (Å²) in [5.74, 6) is -0.998. The predicted molar refractivity (Wildman–Crippen MR) is 67.3 cm³/mol. The van der Waals surface area contributed by atoms with E-state index in [9.17, 15) is 9.59 Å². The molecule has 18 heavy (non-hydrogen) atoms. The molecule has 0 heterocycles. The maximum absolute atomic E-state index is 11.0. The Bertz CT molecular complexity index is 229. The third-order valence-corrected chi connectivity index (χ3v) is 1.84. The molecule has 0 atom stereocenters. The van der Waals surface area contributed by atoms with Crippen LogP contribution in [-0.4, -0.2) is 47.7 Å². The summed E-state index contributed by atoms with van der Waals surface area (Å²) in [7, 11) is 0. The fraction of sp³-hybridized carbons (Fsp3) is 0.667. The van der Waals surface area contributed by atoms with E-state index < -0.39 is 11.9 Å². The Morgan fingerprint density at radius 3 is 1.50 bits per heavy atom. The van der Waals surface area contributed by atoms with Gasteiger partial charge in [-0.05, 0) is 12.8 Å². The summed E-state index contributed by atoms with van der Waals surface area (Å²) in [6.45, 7) is 4.80. The second kappa shape index (κ2) is 16.3. The van der Waals surface area contributed by atoms with E-state index in [4.69, 9.17) is 12.6 Å². The van der Waals surface area contributed by atoms with Crippen LogP contribution < -0.4 is 0 Å². The zero-order valence-electron chi connectivity index (χ0n) is 10.9. The Labute approximate surface area is 121 Å². The third kappa shape index (κ3) is 15.3. The average Bonchev–Trinajstić information content (AvgIpc) is 2.39. The van der Waals surface area contributed by atoms with Gasteiger partial charge in [-0.25, -0.2) is 9.59 Å². The van der Waals surface area contributed by atoms with Gasteiger partial charge in [0.2, 0.25) is 0 Å². The maximum atomic E-state index is 11.0. The average molecular weight is 363 g/mol. The molecule has 0 aromatic rings. The van der Waals surface area contributed by atoms with Gasteiger partial charge in [0, 0.05) is 12.2 Å². The minimum atomic E-state index is -0.499. The third-order valence-electron chi connectivity index (χ3n) is 1.84. The van der Waals surface area contributed by atoms with Crippen LogP contribution in [0.5, 0.6) is 0 Å². The molecule has 102 valence electrons. The van der Waals surface area contributed by atoms with Gasteiger partial charge in [-0.2, -0.15) is 0 Å². The topological polar surface area (TPSA) is 69.7 Å². The van der Waals surface area contributed by atoms with Crippen molar-refractivity contribution in [2.24, 2.45) is 0 Å². The number of rotatable bonds is 8. The van der Waals surface area contributed by atoms with E-state index in [1.54, 1.807) is 0 Å². The molecule has 0 aliphatic rings. The number of hydrogen-bond acceptors (Lipinski definition) is 5. The molecule has 0 fully saturated rings. The Hall–Kier alpha value is -0.721. The first-order valence-electron chi connectivity index (χ1n) is 5.92. The van der Waals surface area contributed by atoms with Crippen LogP contribution in [0, 0.1) is 0 Å². The molecule has 0 bridgehead atoms.